The minimum Gasteiger partial charge on any atom is -0.480 e. The predicted octanol–water partition coefficient (Wildman–Crippen LogP) is 0.377. The van der Waals surface area contributed by atoms with E-state index in [4.69, 9.17) is 10.8 Å². The average Bonchev–Trinajstić information content (AvgIpc) is 2.44. The smallest absolute Gasteiger partial charge is 0.326 e. The number of carbonyl (C=O) groups is 3. The summed E-state index contributed by atoms with van der Waals surface area (Å²) in [5.41, 5.74) is 6.99. The van der Waals surface area contributed by atoms with Gasteiger partial charge in [-0.3, -0.25) is 4.79 Å². The van der Waals surface area contributed by atoms with E-state index in [0.29, 0.717) is 0 Å². The first kappa shape index (κ1) is 16.5. The van der Waals surface area contributed by atoms with E-state index in [2.05, 4.69) is 10.6 Å². The number of primary amides is 1. The molecule has 0 fully saturated rings. The van der Waals surface area contributed by atoms with Gasteiger partial charge in [-0.05, 0) is 17.5 Å². The fourth-order valence-corrected chi connectivity index (χ4v) is 1.86. The van der Waals surface area contributed by atoms with Crippen LogP contribution in [0.25, 0.3) is 0 Å². The van der Waals surface area contributed by atoms with Crippen LogP contribution in [0, 0.1) is 0 Å². The summed E-state index contributed by atoms with van der Waals surface area (Å²) in [4.78, 5) is 33.3. The van der Waals surface area contributed by atoms with Crippen LogP contribution in [0.15, 0.2) is 24.3 Å². The number of carbonyl (C=O) groups excluding carboxylic acids is 2. The Morgan fingerprint density at radius 2 is 1.86 bits per heavy atom. The second kappa shape index (κ2) is 7.88. The number of hydrogen-bond donors (Lipinski definition) is 4. The first-order valence-corrected chi connectivity index (χ1v) is 6.56. The Kier molecular flexibility index (Phi) is 6.19. The Hall–Kier alpha value is -2.57. The predicted molar refractivity (Wildman–Crippen MR) is 76.4 cm³/mol. The molecule has 1 rings (SSSR count). The van der Waals surface area contributed by atoms with Crippen LogP contribution in [-0.4, -0.2) is 29.1 Å². The van der Waals surface area contributed by atoms with Crippen molar-refractivity contribution in [3.63, 3.8) is 0 Å². The number of benzene rings is 1. The Morgan fingerprint density at radius 1 is 1.24 bits per heavy atom. The molecule has 5 N–H and O–H groups in total. The molecule has 7 nitrogen and oxygen atoms in total. The molecule has 1 aromatic rings. The lowest BCUT2D eigenvalue weighted by Gasteiger charge is -2.14. The summed E-state index contributed by atoms with van der Waals surface area (Å²) < 4.78 is 0. The van der Waals surface area contributed by atoms with Gasteiger partial charge in [0.05, 0.1) is 6.42 Å². The standard InChI is InChI=1S/C14H19N3O4/c1-2-9-5-3-4-6-10(9)8-16-14(21)17-11(13(19)20)7-12(15)18/h3-6,11H,2,7-8H2,1H3,(H2,15,18)(H,19,20)(H2,16,17,21). The van der Waals surface area contributed by atoms with Gasteiger partial charge in [-0.1, -0.05) is 31.2 Å². The lowest BCUT2D eigenvalue weighted by molar-refractivity contribution is -0.140. The van der Waals surface area contributed by atoms with Crippen molar-refractivity contribution in [2.75, 3.05) is 0 Å². The molecule has 0 saturated heterocycles. The molecule has 0 aromatic heterocycles. The van der Waals surface area contributed by atoms with Crippen LogP contribution >= 0.6 is 0 Å². The Balaban J connectivity index is 2.56. The van der Waals surface area contributed by atoms with Gasteiger partial charge < -0.3 is 21.5 Å². The van der Waals surface area contributed by atoms with Gasteiger partial charge in [-0.15, -0.1) is 0 Å². The summed E-state index contributed by atoms with van der Waals surface area (Å²) in [7, 11) is 0. The van der Waals surface area contributed by atoms with Gasteiger partial charge >= 0.3 is 12.0 Å². The van der Waals surface area contributed by atoms with Crippen molar-refractivity contribution in [2.24, 2.45) is 5.73 Å². The minimum atomic E-state index is -1.33. The molecule has 0 aliphatic rings. The molecule has 0 spiro atoms. The fraction of sp³-hybridized carbons (Fsp3) is 0.357. The van der Waals surface area contributed by atoms with Crippen molar-refractivity contribution in [2.45, 2.75) is 32.4 Å². The maximum absolute atomic E-state index is 11.7. The second-order valence-corrected chi connectivity index (χ2v) is 4.51. The zero-order chi connectivity index (χ0) is 15.8. The van der Waals surface area contributed by atoms with Gasteiger partial charge in [0.15, 0.2) is 0 Å². The molecule has 3 amide bonds. The third kappa shape index (κ3) is 5.52. The van der Waals surface area contributed by atoms with E-state index in [-0.39, 0.29) is 6.54 Å². The van der Waals surface area contributed by atoms with Crippen LogP contribution < -0.4 is 16.4 Å². The van der Waals surface area contributed by atoms with E-state index < -0.39 is 30.4 Å². The summed E-state index contributed by atoms with van der Waals surface area (Å²) in [6.45, 7) is 2.28. The number of carboxylic acids is 1. The van der Waals surface area contributed by atoms with E-state index in [1.54, 1.807) is 0 Å². The highest BCUT2D eigenvalue weighted by molar-refractivity contribution is 5.87. The van der Waals surface area contributed by atoms with Gasteiger partial charge in [0.1, 0.15) is 6.04 Å². The highest BCUT2D eigenvalue weighted by Crippen LogP contribution is 2.08. The molecule has 0 aliphatic heterocycles. The molecule has 114 valence electrons. The quantitative estimate of drug-likeness (QED) is 0.580. The van der Waals surface area contributed by atoms with Crippen molar-refractivity contribution < 1.29 is 19.5 Å². The molecule has 1 atom stereocenters. The summed E-state index contributed by atoms with van der Waals surface area (Å²) in [5, 5.41) is 13.7. The molecule has 0 aliphatic carbocycles. The maximum atomic E-state index is 11.7. The third-order valence-corrected chi connectivity index (χ3v) is 2.95. The fourth-order valence-electron chi connectivity index (χ4n) is 1.86. The van der Waals surface area contributed by atoms with Gasteiger partial charge in [0.2, 0.25) is 5.91 Å². The van der Waals surface area contributed by atoms with Crippen LogP contribution in [0.5, 0.6) is 0 Å². The van der Waals surface area contributed by atoms with Gasteiger partial charge in [-0.2, -0.15) is 0 Å². The summed E-state index contributed by atoms with van der Waals surface area (Å²) in [6.07, 6.45) is 0.382. The SMILES string of the molecule is CCc1ccccc1CNC(=O)NC(CC(N)=O)C(=O)O. The molecule has 1 unspecified atom stereocenters. The molecule has 0 saturated carbocycles. The monoisotopic (exact) mass is 293 g/mol. The van der Waals surface area contributed by atoms with Crippen LogP contribution in [0.3, 0.4) is 0 Å². The van der Waals surface area contributed by atoms with Crippen LogP contribution in [0.4, 0.5) is 4.79 Å². The van der Waals surface area contributed by atoms with Crippen molar-refractivity contribution in [1.82, 2.24) is 10.6 Å². The van der Waals surface area contributed by atoms with Gasteiger partial charge in [0.25, 0.3) is 0 Å². The molecule has 0 heterocycles. The topological polar surface area (TPSA) is 122 Å². The lowest BCUT2D eigenvalue weighted by Crippen LogP contribution is -2.47. The zero-order valence-electron chi connectivity index (χ0n) is 11.8. The molecule has 7 heteroatoms. The highest BCUT2D eigenvalue weighted by atomic mass is 16.4. The number of amides is 3. The number of nitrogens with one attached hydrogen (secondary N) is 2. The Labute approximate surface area is 122 Å². The van der Waals surface area contributed by atoms with E-state index >= 15 is 0 Å². The summed E-state index contributed by atoms with van der Waals surface area (Å²) >= 11 is 0. The normalized spacial score (nSPS) is 11.5. The van der Waals surface area contributed by atoms with Crippen molar-refractivity contribution in [3.05, 3.63) is 35.4 Å². The number of rotatable bonds is 7. The average molecular weight is 293 g/mol. The first-order valence-electron chi connectivity index (χ1n) is 6.56. The van der Waals surface area contributed by atoms with E-state index in [9.17, 15) is 14.4 Å². The third-order valence-electron chi connectivity index (χ3n) is 2.95. The molecule has 0 bridgehead atoms. The number of carboxylic acid groups (broad SMARTS) is 1. The maximum Gasteiger partial charge on any atom is 0.326 e. The highest BCUT2D eigenvalue weighted by Gasteiger charge is 2.21. The minimum absolute atomic E-state index is 0.277. The molecule has 1 aromatic carbocycles. The lowest BCUT2D eigenvalue weighted by atomic mass is 10.1. The Bertz CT molecular complexity index is 531. The Morgan fingerprint density at radius 3 is 2.38 bits per heavy atom. The van der Waals surface area contributed by atoms with E-state index in [1.807, 2.05) is 31.2 Å². The zero-order valence-corrected chi connectivity index (χ0v) is 11.8. The number of hydrogen-bond acceptors (Lipinski definition) is 3. The molecular weight excluding hydrogens is 274 g/mol. The number of nitrogens with two attached hydrogens (primary N) is 1. The number of urea groups is 1. The number of aryl methyl sites for hydroxylation is 1. The van der Waals surface area contributed by atoms with Gasteiger partial charge in [0, 0.05) is 6.54 Å². The largest absolute Gasteiger partial charge is 0.480 e. The van der Waals surface area contributed by atoms with E-state index in [1.165, 1.54) is 0 Å². The second-order valence-electron chi connectivity index (χ2n) is 4.51. The van der Waals surface area contributed by atoms with Crippen LogP contribution in [0.1, 0.15) is 24.5 Å². The van der Waals surface area contributed by atoms with Crippen LogP contribution in [0.2, 0.25) is 0 Å². The van der Waals surface area contributed by atoms with Crippen LogP contribution in [-0.2, 0) is 22.6 Å². The van der Waals surface area contributed by atoms with Crippen molar-refractivity contribution in [3.8, 4) is 0 Å². The number of aliphatic carboxylic acids is 1. The van der Waals surface area contributed by atoms with Crippen molar-refractivity contribution >= 4 is 17.9 Å². The van der Waals surface area contributed by atoms with Gasteiger partial charge in [-0.25, -0.2) is 9.59 Å². The van der Waals surface area contributed by atoms with E-state index in [0.717, 1.165) is 17.5 Å². The summed E-state index contributed by atoms with van der Waals surface area (Å²) in [5.74, 6) is -2.10. The first-order chi connectivity index (χ1) is 9.93. The molecule has 0 radical (unpaired) electrons. The molecular formula is C14H19N3O4. The van der Waals surface area contributed by atoms with Crippen molar-refractivity contribution in [1.29, 1.82) is 0 Å². The summed E-state index contributed by atoms with van der Waals surface area (Å²) in [6, 6.07) is 5.63. The molecule has 21 heavy (non-hydrogen) atoms.